The number of piperidine rings is 1. The third-order valence-corrected chi connectivity index (χ3v) is 4.71. The SMILES string of the molecule is COc1cc(F)c(-c2ccc(C(=O)NCC3CCNCC3)cc2)cc1F. The number of carbonyl (C=O) groups is 1. The van der Waals surface area contributed by atoms with Gasteiger partial charge < -0.3 is 15.4 Å². The molecule has 1 saturated heterocycles. The molecule has 0 saturated carbocycles. The van der Waals surface area contributed by atoms with Gasteiger partial charge in [-0.25, -0.2) is 8.78 Å². The first-order chi connectivity index (χ1) is 12.6. The lowest BCUT2D eigenvalue weighted by atomic mass is 9.98. The minimum Gasteiger partial charge on any atom is -0.494 e. The van der Waals surface area contributed by atoms with Crippen LogP contribution >= 0.6 is 0 Å². The smallest absolute Gasteiger partial charge is 0.251 e. The Morgan fingerprint density at radius 2 is 1.85 bits per heavy atom. The van der Waals surface area contributed by atoms with Gasteiger partial charge in [0.2, 0.25) is 0 Å². The van der Waals surface area contributed by atoms with Crippen molar-refractivity contribution in [3.8, 4) is 16.9 Å². The summed E-state index contributed by atoms with van der Waals surface area (Å²) in [4.78, 5) is 12.3. The molecule has 0 aliphatic carbocycles. The first-order valence-corrected chi connectivity index (χ1v) is 8.71. The van der Waals surface area contributed by atoms with Gasteiger partial charge in [0.1, 0.15) is 5.82 Å². The van der Waals surface area contributed by atoms with Crippen LogP contribution in [0.2, 0.25) is 0 Å². The van der Waals surface area contributed by atoms with Crippen LogP contribution in [-0.4, -0.2) is 32.7 Å². The van der Waals surface area contributed by atoms with E-state index in [1.54, 1.807) is 24.3 Å². The number of benzene rings is 2. The predicted molar refractivity (Wildman–Crippen MR) is 96.3 cm³/mol. The number of amides is 1. The number of hydrogen-bond acceptors (Lipinski definition) is 3. The molecule has 26 heavy (non-hydrogen) atoms. The van der Waals surface area contributed by atoms with E-state index in [0.29, 0.717) is 23.6 Å². The molecule has 4 nitrogen and oxygen atoms in total. The van der Waals surface area contributed by atoms with Crippen LogP contribution in [0, 0.1) is 17.6 Å². The highest BCUT2D eigenvalue weighted by atomic mass is 19.1. The lowest BCUT2D eigenvalue weighted by Gasteiger charge is -2.22. The largest absolute Gasteiger partial charge is 0.494 e. The minimum atomic E-state index is -0.632. The number of carbonyl (C=O) groups excluding carboxylic acids is 1. The average Bonchev–Trinajstić information content (AvgIpc) is 2.68. The molecule has 0 radical (unpaired) electrons. The van der Waals surface area contributed by atoms with E-state index in [9.17, 15) is 13.6 Å². The van der Waals surface area contributed by atoms with Gasteiger partial charge in [0.05, 0.1) is 7.11 Å². The molecule has 138 valence electrons. The summed E-state index contributed by atoms with van der Waals surface area (Å²) in [6.07, 6.45) is 2.11. The molecule has 2 aromatic rings. The van der Waals surface area contributed by atoms with Crippen molar-refractivity contribution < 1.29 is 18.3 Å². The van der Waals surface area contributed by atoms with E-state index >= 15 is 0 Å². The lowest BCUT2D eigenvalue weighted by molar-refractivity contribution is 0.0944. The molecule has 0 aromatic heterocycles. The van der Waals surface area contributed by atoms with Crippen molar-refractivity contribution in [2.75, 3.05) is 26.7 Å². The summed E-state index contributed by atoms with van der Waals surface area (Å²) in [5.74, 6) is -1.01. The van der Waals surface area contributed by atoms with Crippen LogP contribution in [0.5, 0.6) is 5.75 Å². The molecule has 0 bridgehead atoms. The Hall–Kier alpha value is -2.47. The van der Waals surface area contributed by atoms with Gasteiger partial charge in [-0.1, -0.05) is 12.1 Å². The second-order valence-electron chi connectivity index (χ2n) is 6.45. The van der Waals surface area contributed by atoms with E-state index in [1.165, 1.54) is 7.11 Å². The average molecular weight is 360 g/mol. The maximum Gasteiger partial charge on any atom is 0.251 e. The number of hydrogen-bond donors (Lipinski definition) is 2. The molecule has 0 spiro atoms. The summed E-state index contributed by atoms with van der Waals surface area (Å²) in [6.45, 7) is 2.62. The van der Waals surface area contributed by atoms with E-state index < -0.39 is 11.6 Å². The van der Waals surface area contributed by atoms with Gasteiger partial charge >= 0.3 is 0 Å². The molecule has 0 unspecified atom stereocenters. The number of nitrogens with one attached hydrogen (secondary N) is 2. The molecule has 1 aliphatic heterocycles. The van der Waals surface area contributed by atoms with E-state index in [-0.39, 0.29) is 17.2 Å². The van der Waals surface area contributed by atoms with Crippen molar-refractivity contribution in [3.63, 3.8) is 0 Å². The quantitative estimate of drug-likeness (QED) is 0.860. The fourth-order valence-electron chi connectivity index (χ4n) is 3.13. The zero-order valence-corrected chi connectivity index (χ0v) is 14.6. The number of methoxy groups -OCH3 is 1. The van der Waals surface area contributed by atoms with Crippen molar-refractivity contribution >= 4 is 5.91 Å². The van der Waals surface area contributed by atoms with Crippen LogP contribution in [0.4, 0.5) is 8.78 Å². The molecule has 2 aromatic carbocycles. The Bertz CT molecular complexity index is 772. The second-order valence-corrected chi connectivity index (χ2v) is 6.45. The fraction of sp³-hybridized carbons (Fsp3) is 0.350. The summed E-state index contributed by atoms with van der Waals surface area (Å²) >= 11 is 0. The van der Waals surface area contributed by atoms with E-state index in [1.807, 2.05) is 0 Å². The van der Waals surface area contributed by atoms with Crippen LogP contribution in [-0.2, 0) is 0 Å². The summed E-state index contributed by atoms with van der Waals surface area (Å²) in [6, 6.07) is 8.58. The summed E-state index contributed by atoms with van der Waals surface area (Å²) < 4.78 is 32.8. The van der Waals surface area contributed by atoms with Gasteiger partial charge in [0.15, 0.2) is 11.6 Å². The van der Waals surface area contributed by atoms with E-state index in [2.05, 4.69) is 10.6 Å². The first kappa shape index (κ1) is 18.3. The predicted octanol–water partition coefficient (Wildman–Crippen LogP) is 3.37. The Morgan fingerprint density at radius 3 is 2.50 bits per heavy atom. The topological polar surface area (TPSA) is 50.4 Å². The van der Waals surface area contributed by atoms with Crippen molar-refractivity contribution in [1.82, 2.24) is 10.6 Å². The third-order valence-electron chi connectivity index (χ3n) is 4.71. The summed E-state index contributed by atoms with van der Waals surface area (Å²) in [7, 11) is 1.29. The van der Waals surface area contributed by atoms with Crippen molar-refractivity contribution in [3.05, 3.63) is 53.6 Å². The normalized spacial score (nSPS) is 14.9. The van der Waals surface area contributed by atoms with Gasteiger partial charge in [0, 0.05) is 23.7 Å². The lowest BCUT2D eigenvalue weighted by Crippen LogP contribution is -2.35. The van der Waals surface area contributed by atoms with Gasteiger partial charge in [-0.3, -0.25) is 4.79 Å². The molecule has 2 N–H and O–H groups in total. The van der Waals surface area contributed by atoms with Gasteiger partial charge in [-0.2, -0.15) is 0 Å². The van der Waals surface area contributed by atoms with Crippen LogP contribution in [0.3, 0.4) is 0 Å². The Labute approximate surface area is 151 Å². The Kier molecular flexibility index (Phi) is 5.83. The zero-order valence-electron chi connectivity index (χ0n) is 14.6. The monoisotopic (exact) mass is 360 g/mol. The highest BCUT2D eigenvalue weighted by molar-refractivity contribution is 5.94. The highest BCUT2D eigenvalue weighted by Crippen LogP contribution is 2.29. The molecule has 6 heteroatoms. The molecule has 1 fully saturated rings. The van der Waals surface area contributed by atoms with Crippen LogP contribution in [0.1, 0.15) is 23.2 Å². The molecule has 1 aliphatic rings. The van der Waals surface area contributed by atoms with Crippen molar-refractivity contribution in [2.45, 2.75) is 12.8 Å². The number of halogens is 2. The second kappa shape index (κ2) is 8.27. The standard InChI is InChI=1S/C20H22F2N2O2/c1-26-19-11-17(21)16(10-18(19)22)14-2-4-15(5-3-14)20(25)24-12-13-6-8-23-9-7-13/h2-5,10-11,13,23H,6-9,12H2,1H3,(H,24,25). The fourth-order valence-corrected chi connectivity index (χ4v) is 3.13. The third kappa shape index (κ3) is 4.19. The maximum atomic E-state index is 14.2. The van der Waals surface area contributed by atoms with Crippen LogP contribution in [0.15, 0.2) is 36.4 Å². The number of ether oxygens (including phenoxy) is 1. The molecular formula is C20H22F2N2O2. The summed E-state index contributed by atoms with van der Waals surface area (Å²) in [5.41, 5.74) is 1.13. The van der Waals surface area contributed by atoms with Crippen LogP contribution in [0.25, 0.3) is 11.1 Å². The zero-order chi connectivity index (χ0) is 18.5. The van der Waals surface area contributed by atoms with Gasteiger partial charge in [-0.05, 0) is 55.6 Å². The molecule has 1 amide bonds. The maximum absolute atomic E-state index is 14.2. The first-order valence-electron chi connectivity index (χ1n) is 8.71. The molecular weight excluding hydrogens is 338 g/mol. The Balaban J connectivity index is 1.68. The molecule has 3 rings (SSSR count). The minimum absolute atomic E-state index is 0.130. The van der Waals surface area contributed by atoms with E-state index in [0.717, 1.165) is 38.1 Å². The molecule has 1 heterocycles. The Morgan fingerprint density at radius 1 is 1.15 bits per heavy atom. The molecule has 0 atom stereocenters. The highest BCUT2D eigenvalue weighted by Gasteiger charge is 2.15. The van der Waals surface area contributed by atoms with Gasteiger partial charge in [-0.15, -0.1) is 0 Å². The van der Waals surface area contributed by atoms with Crippen molar-refractivity contribution in [1.29, 1.82) is 0 Å². The number of rotatable bonds is 5. The van der Waals surface area contributed by atoms with Gasteiger partial charge in [0.25, 0.3) is 5.91 Å². The van der Waals surface area contributed by atoms with E-state index in [4.69, 9.17) is 4.74 Å². The van der Waals surface area contributed by atoms with Crippen molar-refractivity contribution in [2.24, 2.45) is 5.92 Å². The van der Waals surface area contributed by atoms with Crippen LogP contribution < -0.4 is 15.4 Å². The summed E-state index contributed by atoms with van der Waals surface area (Å²) in [5, 5.41) is 6.24.